The second kappa shape index (κ2) is 6.37. The lowest BCUT2D eigenvalue weighted by Crippen LogP contribution is -2.40. The zero-order valence-electron chi connectivity index (χ0n) is 11.8. The first-order chi connectivity index (χ1) is 8.36. The Morgan fingerprint density at radius 2 is 1.72 bits per heavy atom. The normalized spacial score (nSPS) is 12.6. The van der Waals surface area contributed by atoms with Crippen LogP contribution in [0.15, 0.2) is 12.1 Å². The van der Waals surface area contributed by atoms with E-state index in [9.17, 15) is 4.79 Å². The second-order valence-electron chi connectivity index (χ2n) is 5.25. The van der Waals surface area contributed by atoms with Crippen molar-refractivity contribution < 1.29 is 4.79 Å². The van der Waals surface area contributed by atoms with E-state index >= 15 is 0 Å². The highest BCUT2D eigenvalue weighted by molar-refractivity contribution is 9.09. The fraction of sp³-hybridized carbons (Fsp3) is 0.533. The number of hydrogen-bond acceptors (Lipinski definition) is 1. The number of benzene rings is 1. The first-order valence-electron chi connectivity index (χ1n) is 6.31. The highest BCUT2D eigenvalue weighted by atomic mass is 79.9. The van der Waals surface area contributed by atoms with Crippen molar-refractivity contribution >= 4 is 21.8 Å². The van der Waals surface area contributed by atoms with Gasteiger partial charge >= 0.3 is 0 Å². The van der Waals surface area contributed by atoms with Crippen molar-refractivity contribution in [2.75, 3.05) is 5.33 Å². The molecule has 1 rings (SSSR count). The Kier molecular flexibility index (Phi) is 5.39. The third-order valence-corrected chi connectivity index (χ3v) is 3.89. The van der Waals surface area contributed by atoms with Crippen LogP contribution in [0.4, 0.5) is 0 Å². The van der Waals surface area contributed by atoms with Gasteiger partial charge in [0, 0.05) is 16.9 Å². The smallest absolute Gasteiger partial charge is 0.252 e. The lowest BCUT2D eigenvalue weighted by atomic mass is 9.98. The fourth-order valence-electron chi connectivity index (χ4n) is 2.16. The van der Waals surface area contributed by atoms with Crippen LogP contribution in [0.25, 0.3) is 0 Å². The summed E-state index contributed by atoms with van der Waals surface area (Å²) in [7, 11) is 0. The molecule has 0 spiro atoms. The number of rotatable bonds is 4. The van der Waals surface area contributed by atoms with E-state index < -0.39 is 0 Å². The lowest BCUT2D eigenvalue weighted by Gasteiger charge is -2.21. The first-order valence-corrected chi connectivity index (χ1v) is 7.43. The van der Waals surface area contributed by atoms with Crippen LogP contribution < -0.4 is 5.32 Å². The van der Waals surface area contributed by atoms with Crippen LogP contribution in [0.2, 0.25) is 0 Å². The molecule has 1 atom stereocenters. The Labute approximate surface area is 118 Å². The van der Waals surface area contributed by atoms with Crippen LogP contribution in [-0.2, 0) is 0 Å². The van der Waals surface area contributed by atoms with E-state index in [4.69, 9.17) is 0 Å². The van der Waals surface area contributed by atoms with E-state index in [1.807, 2.05) is 13.8 Å². The van der Waals surface area contributed by atoms with Crippen LogP contribution in [0.3, 0.4) is 0 Å². The molecule has 1 aromatic carbocycles. The molecule has 0 fully saturated rings. The van der Waals surface area contributed by atoms with E-state index in [0.717, 1.165) is 22.0 Å². The number of carbonyl (C=O) groups excluding carboxylic acids is 1. The molecule has 1 aromatic rings. The van der Waals surface area contributed by atoms with Gasteiger partial charge in [-0.05, 0) is 37.8 Å². The molecular formula is C15H22BrNO. The quantitative estimate of drug-likeness (QED) is 0.843. The molecule has 0 aliphatic heterocycles. The van der Waals surface area contributed by atoms with Crippen LogP contribution >= 0.6 is 15.9 Å². The van der Waals surface area contributed by atoms with E-state index in [-0.39, 0.29) is 11.9 Å². The van der Waals surface area contributed by atoms with Gasteiger partial charge in [0.15, 0.2) is 0 Å². The van der Waals surface area contributed by atoms with Crippen molar-refractivity contribution in [1.29, 1.82) is 0 Å². The summed E-state index contributed by atoms with van der Waals surface area (Å²) in [6.07, 6.45) is 0. The van der Waals surface area contributed by atoms with Crippen LogP contribution in [0, 0.1) is 26.7 Å². The largest absolute Gasteiger partial charge is 0.348 e. The Morgan fingerprint density at radius 1 is 1.22 bits per heavy atom. The lowest BCUT2D eigenvalue weighted by molar-refractivity contribution is 0.0930. The van der Waals surface area contributed by atoms with Gasteiger partial charge in [-0.3, -0.25) is 4.79 Å². The van der Waals surface area contributed by atoms with Gasteiger partial charge in [-0.25, -0.2) is 0 Å². The highest BCUT2D eigenvalue weighted by Gasteiger charge is 2.18. The maximum absolute atomic E-state index is 12.3. The summed E-state index contributed by atoms with van der Waals surface area (Å²) in [5.41, 5.74) is 4.10. The zero-order valence-corrected chi connectivity index (χ0v) is 13.4. The van der Waals surface area contributed by atoms with E-state index in [0.29, 0.717) is 5.92 Å². The molecule has 0 saturated carbocycles. The summed E-state index contributed by atoms with van der Waals surface area (Å²) in [4.78, 5) is 12.3. The number of alkyl halides is 1. The van der Waals surface area contributed by atoms with Crippen molar-refractivity contribution in [2.24, 2.45) is 5.92 Å². The summed E-state index contributed by atoms with van der Waals surface area (Å²) in [5.74, 6) is 0.447. The molecule has 100 valence electrons. The van der Waals surface area contributed by atoms with Gasteiger partial charge in [0.1, 0.15) is 0 Å². The van der Waals surface area contributed by atoms with Crippen molar-refractivity contribution in [3.8, 4) is 0 Å². The highest BCUT2D eigenvalue weighted by Crippen LogP contribution is 2.17. The number of halogens is 1. The number of nitrogens with one attached hydrogen (secondary N) is 1. The molecule has 0 aromatic heterocycles. The van der Waals surface area contributed by atoms with Gasteiger partial charge in [0.2, 0.25) is 0 Å². The Balaban J connectivity index is 2.98. The zero-order chi connectivity index (χ0) is 13.9. The van der Waals surface area contributed by atoms with Crippen molar-refractivity contribution in [3.63, 3.8) is 0 Å². The third kappa shape index (κ3) is 3.58. The van der Waals surface area contributed by atoms with Crippen LogP contribution in [0.5, 0.6) is 0 Å². The summed E-state index contributed by atoms with van der Waals surface area (Å²) in [6, 6.07) is 4.28. The number of amides is 1. The Hall–Kier alpha value is -0.830. The molecule has 0 saturated heterocycles. The molecule has 0 aliphatic carbocycles. The van der Waals surface area contributed by atoms with E-state index in [1.165, 1.54) is 5.56 Å². The van der Waals surface area contributed by atoms with Crippen LogP contribution in [0.1, 0.15) is 40.9 Å². The van der Waals surface area contributed by atoms with E-state index in [2.05, 4.69) is 54.2 Å². The number of hydrogen-bond donors (Lipinski definition) is 1. The van der Waals surface area contributed by atoms with Crippen molar-refractivity contribution in [1.82, 2.24) is 5.32 Å². The average Bonchev–Trinajstić information content (AvgIpc) is 2.23. The van der Waals surface area contributed by atoms with Crippen LogP contribution in [-0.4, -0.2) is 17.3 Å². The molecule has 3 heteroatoms. The standard InChI is InChI=1S/C15H22BrNO/c1-9(2)13(8-16)17-15(18)14-11(4)6-10(3)7-12(14)5/h6-7,9,13H,8H2,1-5H3,(H,17,18). The Bertz CT molecular complexity index is 417. The van der Waals surface area contributed by atoms with Gasteiger partial charge in [0.05, 0.1) is 0 Å². The third-order valence-electron chi connectivity index (χ3n) is 3.19. The molecule has 0 aliphatic rings. The summed E-state index contributed by atoms with van der Waals surface area (Å²) in [6.45, 7) is 10.3. The Morgan fingerprint density at radius 3 is 2.11 bits per heavy atom. The van der Waals surface area contributed by atoms with Gasteiger partial charge < -0.3 is 5.32 Å². The molecule has 1 amide bonds. The second-order valence-corrected chi connectivity index (χ2v) is 5.90. The van der Waals surface area contributed by atoms with Gasteiger partial charge in [-0.2, -0.15) is 0 Å². The summed E-state index contributed by atoms with van der Waals surface area (Å²) < 4.78 is 0. The molecule has 1 unspecified atom stereocenters. The predicted molar refractivity (Wildman–Crippen MR) is 80.5 cm³/mol. The van der Waals surface area contributed by atoms with Gasteiger partial charge in [-0.15, -0.1) is 0 Å². The SMILES string of the molecule is Cc1cc(C)c(C(=O)NC(CBr)C(C)C)c(C)c1. The maximum Gasteiger partial charge on any atom is 0.252 e. The number of aryl methyl sites for hydroxylation is 3. The molecule has 2 nitrogen and oxygen atoms in total. The predicted octanol–water partition coefficient (Wildman–Crippen LogP) is 3.76. The first kappa shape index (κ1) is 15.2. The van der Waals surface area contributed by atoms with Gasteiger partial charge in [0.25, 0.3) is 5.91 Å². The van der Waals surface area contributed by atoms with Crippen molar-refractivity contribution in [3.05, 3.63) is 34.4 Å². The number of carbonyl (C=O) groups is 1. The fourth-order valence-corrected chi connectivity index (χ4v) is 3.07. The maximum atomic E-state index is 12.3. The average molecular weight is 312 g/mol. The minimum Gasteiger partial charge on any atom is -0.348 e. The molecule has 0 heterocycles. The summed E-state index contributed by atoms with van der Waals surface area (Å²) >= 11 is 3.45. The molecular weight excluding hydrogens is 290 g/mol. The summed E-state index contributed by atoms with van der Waals surface area (Å²) in [5, 5.41) is 3.88. The minimum atomic E-state index is 0.0307. The monoisotopic (exact) mass is 311 g/mol. The molecule has 18 heavy (non-hydrogen) atoms. The minimum absolute atomic E-state index is 0.0307. The molecule has 1 N–H and O–H groups in total. The molecule has 0 radical (unpaired) electrons. The van der Waals surface area contributed by atoms with E-state index in [1.54, 1.807) is 0 Å². The van der Waals surface area contributed by atoms with Gasteiger partial charge in [-0.1, -0.05) is 47.5 Å². The topological polar surface area (TPSA) is 29.1 Å². The van der Waals surface area contributed by atoms with Crippen molar-refractivity contribution in [2.45, 2.75) is 40.7 Å². The molecule has 0 bridgehead atoms.